The fraction of sp³-hybridized carbons (Fsp3) is 0.357. The molecule has 1 aromatic carbocycles. The van der Waals surface area contributed by atoms with E-state index in [0.29, 0.717) is 0 Å². The molecule has 0 saturated heterocycles. The molecule has 0 aliphatic rings. The first-order chi connectivity index (χ1) is 8.55. The van der Waals surface area contributed by atoms with Gasteiger partial charge in [-0.25, -0.2) is 0 Å². The summed E-state index contributed by atoms with van der Waals surface area (Å²) in [4.78, 5) is 0. The van der Waals surface area contributed by atoms with E-state index in [1.165, 1.54) is 5.56 Å². The van der Waals surface area contributed by atoms with Crippen LogP contribution in [0.15, 0.2) is 42.7 Å². The first-order valence-electron chi connectivity index (χ1n) is 6.06. The van der Waals surface area contributed by atoms with Crippen LogP contribution in [0.5, 0.6) is 0 Å². The summed E-state index contributed by atoms with van der Waals surface area (Å²) < 4.78 is 1.79. The van der Waals surface area contributed by atoms with E-state index in [-0.39, 0.29) is 11.5 Å². The first kappa shape index (κ1) is 12.8. The standard InChI is InChI=1S/C14H20N4/c1-14(2,12-7-5-4-6-8-12)13(17-15)11-9-16-18(3)10-11/h4-10,13,17H,15H2,1-3H3. The first-order valence-corrected chi connectivity index (χ1v) is 6.06. The minimum Gasteiger partial charge on any atom is -0.275 e. The average Bonchev–Trinajstić information content (AvgIpc) is 2.77. The van der Waals surface area contributed by atoms with Crippen molar-refractivity contribution in [3.63, 3.8) is 0 Å². The average molecular weight is 244 g/mol. The van der Waals surface area contributed by atoms with Crippen LogP contribution in [0, 0.1) is 0 Å². The largest absolute Gasteiger partial charge is 0.275 e. The summed E-state index contributed by atoms with van der Waals surface area (Å²) in [5.41, 5.74) is 5.14. The fourth-order valence-electron chi connectivity index (χ4n) is 2.34. The maximum atomic E-state index is 5.75. The Balaban J connectivity index is 2.38. The maximum Gasteiger partial charge on any atom is 0.0582 e. The molecule has 0 aliphatic heterocycles. The maximum absolute atomic E-state index is 5.75. The van der Waals surface area contributed by atoms with Gasteiger partial charge in [0.1, 0.15) is 0 Å². The summed E-state index contributed by atoms with van der Waals surface area (Å²) in [7, 11) is 1.91. The number of benzene rings is 1. The lowest BCUT2D eigenvalue weighted by Gasteiger charge is -2.34. The van der Waals surface area contributed by atoms with Crippen LogP contribution in [0.1, 0.15) is 31.0 Å². The third-order valence-corrected chi connectivity index (χ3v) is 3.46. The molecule has 0 aliphatic carbocycles. The van der Waals surface area contributed by atoms with Gasteiger partial charge in [0.2, 0.25) is 0 Å². The van der Waals surface area contributed by atoms with Crippen molar-refractivity contribution in [2.24, 2.45) is 12.9 Å². The van der Waals surface area contributed by atoms with Gasteiger partial charge in [0, 0.05) is 24.2 Å². The summed E-state index contributed by atoms with van der Waals surface area (Å²) in [6, 6.07) is 10.4. The quantitative estimate of drug-likeness (QED) is 0.638. The summed E-state index contributed by atoms with van der Waals surface area (Å²) in [5.74, 6) is 5.75. The molecule has 0 spiro atoms. The molecule has 18 heavy (non-hydrogen) atoms. The highest BCUT2D eigenvalue weighted by molar-refractivity contribution is 5.29. The highest BCUT2D eigenvalue weighted by Crippen LogP contribution is 2.35. The molecule has 2 aromatic rings. The van der Waals surface area contributed by atoms with E-state index < -0.39 is 0 Å². The molecule has 1 unspecified atom stereocenters. The molecular weight excluding hydrogens is 224 g/mol. The molecular formula is C14H20N4. The normalized spacial score (nSPS) is 13.6. The zero-order chi connectivity index (χ0) is 13.2. The van der Waals surface area contributed by atoms with E-state index in [4.69, 9.17) is 5.84 Å². The molecule has 0 radical (unpaired) electrons. The molecule has 0 bridgehead atoms. The van der Waals surface area contributed by atoms with E-state index in [0.717, 1.165) is 5.56 Å². The second kappa shape index (κ2) is 4.92. The molecule has 96 valence electrons. The summed E-state index contributed by atoms with van der Waals surface area (Å²) in [5, 5.41) is 4.21. The molecule has 2 rings (SSSR count). The SMILES string of the molecule is Cn1cc(C(NN)C(C)(C)c2ccccc2)cn1. The number of hydrogen-bond acceptors (Lipinski definition) is 3. The zero-order valence-electron chi connectivity index (χ0n) is 11.1. The number of hydrazine groups is 1. The second-order valence-corrected chi connectivity index (χ2v) is 5.13. The lowest BCUT2D eigenvalue weighted by atomic mass is 9.76. The van der Waals surface area contributed by atoms with Crippen molar-refractivity contribution >= 4 is 0 Å². The second-order valence-electron chi connectivity index (χ2n) is 5.13. The van der Waals surface area contributed by atoms with E-state index >= 15 is 0 Å². The Morgan fingerprint density at radius 1 is 1.28 bits per heavy atom. The third kappa shape index (κ3) is 2.30. The molecule has 1 aromatic heterocycles. The number of hydrogen-bond donors (Lipinski definition) is 2. The molecule has 0 saturated carbocycles. The van der Waals surface area contributed by atoms with Gasteiger partial charge in [-0.3, -0.25) is 16.0 Å². The van der Waals surface area contributed by atoms with Crippen LogP contribution in [0.25, 0.3) is 0 Å². The van der Waals surface area contributed by atoms with Crippen molar-refractivity contribution in [3.05, 3.63) is 53.9 Å². The van der Waals surface area contributed by atoms with Gasteiger partial charge >= 0.3 is 0 Å². The highest BCUT2D eigenvalue weighted by Gasteiger charge is 2.32. The van der Waals surface area contributed by atoms with Crippen LogP contribution in [0.4, 0.5) is 0 Å². The lowest BCUT2D eigenvalue weighted by Crippen LogP contribution is -2.40. The van der Waals surface area contributed by atoms with Gasteiger partial charge < -0.3 is 0 Å². The van der Waals surface area contributed by atoms with Crippen molar-refractivity contribution in [3.8, 4) is 0 Å². The smallest absolute Gasteiger partial charge is 0.0582 e. The minimum absolute atomic E-state index is 0.0219. The summed E-state index contributed by atoms with van der Waals surface area (Å²) in [6.07, 6.45) is 3.85. The number of aromatic nitrogens is 2. The van der Waals surface area contributed by atoms with Gasteiger partial charge in [-0.05, 0) is 5.56 Å². The van der Waals surface area contributed by atoms with Crippen molar-refractivity contribution in [1.29, 1.82) is 0 Å². The Morgan fingerprint density at radius 3 is 2.44 bits per heavy atom. The van der Waals surface area contributed by atoms with Gasteiger partial charge in [-0.1, -0.05) is 44.2 Å². The number of nitrogens with one attached hydrogen (secondary N) is 1. The van der Waals surface area contributed by atoms with Crippen LogP contribution >= 0.6 is 0 Å². The van der Waals surface area contributed by atoms with Crippen molar-refractivity contribution in [1.82, 2.24) is 15.2 Å². The predicted molar refractivity (Wildman–Crippen MR) is 72.7 cm³/mol. The van der Waals surface area contributed by atoms with E-state index in [9.17, 15) is 0 Å². The number of nitrogens with zero attached hydrogens (tertiary/aromatic N) is 2. The molecule has 1 heterocycles. The Hall–Kier alpha value is -1.65. The number of aryl methyl sites for hydroxylation is 1. The van der Waals surface area contributed by atoms with Crippen molar-refractivity contribution in [2.45, 2.75) is 25.3 Å². The Labute approximate surface area is 108 Å². The third-order valence-electron chi connectivity index (χ3n) is 3.46. The molecule has 4 nitrogen and oxygen atoms in total. The van der Waals surface area contributed by atoms with Gasteiger partial charge in [0.05, 0.1) is 12.2 Å². The number of nitrogens with two attached hydrogens (primary N) is 1. The highest BCUT2D eigenvalue weighted by atomic mass is 15.3. The van der Waals surface area contributed by atoms with E-state index in [1.807, 2.05) is 37.6 Å². The minimum atomic E-state index is -0.112. The van der Waals surface area contributed by atoms with Gasteiger partial charge in [0.15, 0.2) is 0 Å². The van der Waals surface area contributed by atoms with Crippen molar-refractivity contribution in [2.75, 3.05) is 0 Å². The fourth-order valence-corrected chi connectivity index (χ4v) is 2.34. The molecule has 3 N–H and O–H groups in total. The Kier molecular flexibility index (Phi) is 3.50. The van der Waals surface area contributed by atoms with Crippen LogP contribution in [0.3, 0.4) is 0 Å². The molecule has 4 heteroatoms. The predicted octanol–water partition coefficient (Wildman–Crippen LogP) is 1.90. The molecule has 1 atom stereocenters. The van der Waals surface area contributed by atoms with Crippen molar-refractivity contribution < 1.29 is 0 Å². The van der Waals surface area contributed by atoms with E-state index in [2.05, 4.69) is 36.5 Å². The van der Waals surface area contributed by atoms with E-state index in [1.54, 1.807) is 4.68 Å². The van der Waals surface area contributed by atoms with Crippen LogP contribution in [-0.2, 0) is 12.5 Å². The van der Waals surface area contributed by atoms with Crippen LogP contribution in [-0.4, -0.2) is 9.78 Å². The Bertz CT molecular complexity index is 502. The molecule has 0 amide bonds. The number of rotatable bonds is 4. The Morgan fingerprint density at radius 2 is 1.94 bits per heavy atom. The van der Waals surface area contributed by atoms with Crippen LogP contribution < -0.4 is 11.3 Å². The lowest BCUT2D eigenvalue weighted by molar-refractivity contribution is 0.352. The topological polar surface area (TPSA) is 55.9 Å². The zero-order valence-corrected chi connectivity index (χ0v) is 11.1. The van der Waals surface area contributed by atoms with Gasteiger partial charge in [-0.2, -0.15) is 5.10 Å². The summed E-state index contributed by atoms with van der Waals surface area (Å²) >= 11 is 0. The van der Waals surface area contributed by atoms with Crippen LogP contribution in [0.2, 0.25) is 0 Å². The van der Waals surface area contributed by atoms with Gasteiger partial charge in [-0.15, -0.1) is 0 Å². The summed E-state index contributed by atoms with van der Waals surface area (Å²) in [6.45, 7) is 4.36. The van der Waals surface area contributed by atoms with Gasteiger partial charge in [0.25, 0.3) is 0 Å². The monoisotopic (exact) mass is 244 g/mol. The molecule has 0 fully saturated rings.